The van der Waals surface area contributed by atoms with E-state index in [2.05, 4.69) is 10.2 Å². The standard InChI is InChI=1S/C20H33N3O5S/c1-3-28-15-19(24)14-22-7-9-23(10-8-22)20(25)21-18-6-4-5-17(13-18)16-29(26)12-11-27-2/h4-6,13,19,24H,3,7-12,14-16H2,1-2H3,(H,21,25)/t19-,29+/m0/s1. The van der Waals surface area contributed by atoms with E-state index in [1.807, 2.05) is 31.2 Å². The van der Waals surface area contributed by atoms with Crippen LogP contribution in [0.15, 0.2) is 24.3 Å². The van der Waals surface area contributed by atoms with Crippen LogP contribution in [-0.2, 0) is 26.0 Å². The summed E-state index contributed by atoms with van der Waals surface area (Å²) in [7, 11) is 0.603. The van der Waals surface area contributed by atoms with Crippen molar-refractivity contribution in [1.29, 1.82) is 0 Å². The molecule has 0 saturated carbocycles. The van der Waals surface area contributed by atoms with E-state index in [0.717, 1.165) is 18.7 Å². The Labute approximate surface area is 175 Å². The first kappa shape index (κ1) is 23.8. The molecule has 2 atom stereocenters. The van der Waals surface area contributed by atoms with Gasteiger partial charge in [0.1, 0.15) is 0 Å². The second-order valence-corrected chi connectivity index (χ2v) is 8.59. The summed E-state index contributed by atoms with van der Waals surface area (Å²) in [5, 5.41) is 12.9. The Kier molecular flexibility index (Phi) is 10.6. The van der Waals surface area contributed by atoms with Crippen molar-refractivity contribution in [3.63, 3.8) is 0 Å². The number of anilines is 1. The first-order valence-corrected chi connectivity index (χ1v) is 11.5. The molecule has 0 unspecified atom stereocenters. The van der Waals surface area contributed by atoms with Gasteiger partial charge in [0, 0.05) is 74.4 Å². The fourth-order valence-corrected chi connectivity index (χ4v) is 4.16. The van der Waals surface area contributed by atoms with Crippen molar-refractivity contribution in [3.05, 3.63) is 29.8 Å². The monoisotopic (exact) mass is 427 g/mol. The van der Waals surface area contributed by atoms with E-state index < -0.39 is 16.9 Å². The minimum atomic E-state index is -0.991. The molecule has 1 fully saturated rings. The maximum atomic E-state index is 12.6. The number of ether oxygens (including phenoxy) is 2. The van der Waals surface area contributed by atoms with Gasteiger partial charge in [0.15, 0.2) is 0 Å². The molecule has 0 aliphatic carbocycles. The molecular formula is C20H33N3O5S. The Balaban J connectivity index is 1.78. The van der Waals surface area contributed by atoms with Crippen LogP contribution < -0.4 is 5.32 Å². The maximum Gasteiger partial charge on any atom is 0.321 e. The molecule has 8 nitrogen and oxygen atoms in total. The zero-order valence-corrected chi connectivity index (χ0v) is 18.2. The number of methoxy groups -OCH3 is 1. The molecule has 2 amide bonds. The number of carbonyl (C=O) groups excluding carboxylic acids is 1. The number of β-amino-alcohol motifs (C(OH)–C–C–N with tert-alkyl or cyclic N) is 1. The lowest BCUT2D eigenvalue weighted by Crippen LogP contribution is -2.51. The van der Waals surface area contributed by atoms with Crippen LogP contribution in [0.4, 0.5) is 10.5 Å². The number of aliphatic hydroxyl groups excluding tert-OH is 1. The first-order valence-electron chi connectivity index (χ1n) is 9.98. The highest BCUT2D eigenvalue weighted by Gasteiger charge is 2.22. The Morgan fingerprint density at radius 2 is 2.07 bits per heavy atom. The number of carbonyl (C=O) groups is 1. The fourth-order valence-electron chi connectivity index (χ4n) is 3.11. The van der Waals surface area contributed by atoms with Gasteiger partial charge < -0.3 is 24.8 Å². The van der Waals surface area contributed by atoms with Gasteiger partial charge in [-0.05, 0) is 24.6 Å². The summed E-state index contributed by atoms with van der Waals surface area (Å²) >= 11 is 0. The molecule has 1 aliphatic rings. The van der Waals surface area contributed by atoms with E-state index in [4.69, 9.17) is 9.47 Å². The molecule has 164 valence electrons. The van der Waals surface area contributed by atoms with Gasteiger partial charge in [0.05, 0.1) is 19.3 Å². The SMILES string of the molecule is CCOC[C@@H](O)CN1CCN(C(=O)Nc2cccc(C[S@](=O)CCOC)c2)CC1. The third kappa shape index (κ3) is 8.79. The summed E-state index contributed by atoms with van der Waals surface area (Å²) in [5.41, 5.74) is 1.62. The molecule has 1 aromatic rings. The van der Waals surface area contributed by atoms with E-state index in [1.165, 1.54) is 0 Å². The number of benzene rings is 1. The Morgan fingerprint density at radius 1 is 1.31 bits per heavy atom. The number of aliphatic hydroxyl groups is 1. The summed E-state index contributed by atoms with van der Waals surface area (Å²) in [6, 6.07) is 7.32. The van der Waals surface area contributed by atoms with E-state index in [1.54, 1.807) is 12.0 Å². The fraction of sp³-hybridized carbons (Fsp3) is 0.650. The van der Waals surface area contributed by atoms with Crippen molar-refractivity contribution in [2.75, 3.05) is 70.7 Å². The number of amides is 2. The number of urea groups is 1. The van der Waals surface area contributed by atoms with Gasteiger partial charge in [0.25, 0.3) is 0 Å². The lowest BCUT2D eigenvalue weighted by atomic mass is 10.2. The van der Waals surface area contributed by atoms with E-state index in [0.29, 0.717) is 56.6 Å². The van der Waals surface area contributed by atoms with Crippen molar-refractivity contribution in [2.24, 2.45) is 0 Å². The van der Waals surface area contributed by atoms with Gasteiger partial charge in [-0.3, -0.25) is 9.11 Å². The van der Waals surface area contributed by atoms with E-state index in [9.17, 15) is 14.1 Å². The predicted octanol–water partition coefficient (Wildman–Crippen LogP) is 1.13. The molecule has 1 aliphatic heterocycles. The van der Waals surface area contributed by atoms with Crippen LogP contribution in [0.2, 0.25) is 0 Å². The zero-order chi connectivity index (χ0) is 21.1. The summed E-state index contributed by atoms with van der Waals surface area (Å²) in [4.78, 5) is 16.5. The smallest absolute Gasteiger partial charge is 0.321 e. The molecular weight excluding hydrogens is 394 g/mol. The molecule has 29 heavy (non-hydrogen) atoms. The zero-order valence-electron chi connectivity index (χ0n) is 17.3. The third-order valence-electron chi connectivity index (χ3n) is 4.66. The van der Waals surface area contributed by atoms with Crippen molar-refractivity contribution in [1.82, 2.24) is 9.80 Å². The largest absolute Gasteiger partial charge is 0.389 e. The lowest BCUT2D eigenvalue weighted by Gasteiger charge is -2.35. The first-order chi connectivity index (χ1) is 14.0. The average molecular weight is 428 g/mol. The van der Waals surface area contributed by atoms with Gasteiger partial charge >= 0.3 is 6.03 Å². The summed E-state index contributed by atoms with van der Waals surface area (Å²) in [5.74, 6) is 0.937. The summed E-state index contributed by atoms with van der Waals surface area (Å²) < 4.78 is 22.2. The van der Waals surface area contributed by atoms with E-state index >= 15 is 0 Å². The van der Waals surface area contributed by atoms with Crippen molar-refractivity contribution in [3.8, 4) is 0 Å². The molecule has 2 rings (SSSR count). The van der Waals surface area contributed by atoms with Crippen LogP contribution in [0.3, 0.4) is 0 Å². The second-order valence-electron chi connectivity index (χ2n) is 7.01. The van der Waals surface area contributed by atoms with Gasteiger partial charge in [-0.1, -0.05) is 12.1 Å². The number of rotatable bonds is 11. The molecule has 0 radical (unpaired) electrons. The summed E-state index contributed by atoms with van der Waals surface area (Å²) in [6.07, 6.45) is -0.507. The van der Waals surface area contributed by atoms with E-state index in [-0.39, 0.29) is 6.03 Å². The lowest BCUT2D eigenvalue weighted by molar-refractivity contribution is 0.0139. The predicted molar refractivity (Wildman–Crippen MR) is 115 cm³/mol. The van der Waals surface area contributed by atoms with Crippen LogP contribution in [0.25, 0.3) is 0 Å². The highest BCUT2D eigenvalue weighted by atomic mass is 32.2. The number of hydrogen-bond acceptors (Lipinski definition) is 6. The van der Waals surface area contributed by atoms with Crippen molar-refractivity contribution < 1.29 is 23.6 Å². The number of hydrogen-bond donors (Lipinski definition) is 2. The molecule has 1 aromatic carbocycles. The van der Waals surface area contributed by atoms with Crippen molar-refractivity contribution >= 4 is 22.5 Å². The Bertz CT molecular complexity index is 653. The van der Waals surface area contributed by atoms with Gasteiger partial charge in [-0.25, -0.2) is 4.79 Å². The van der Waals surface area contributed by atoms with Crippen LogP contribution >= 0.6 is 0 Å². The molecule has 1 heterocycles. The molecule has 2 N–H and O–H groups in total. The Hall–Kier alpha value is -1.52. The molecule has 0 bridgehead atoms. The van der Waals surface area contributed by atoms with Gasteiger partial charge in [0.2, 0.25) is 0 Å². The second kappa shape index (κ2) is 12.9. The molecule has 0 aromatic heterocycles. The van der Waals surface area contributed by atoms with Gasteiger partial charge in [-0.2, -0.15) is 0 Å². The highest BCUT2D eigenvalue weighted by molar-refractivity contribution is 7.84. The van der Waals surface area contributed by atoms with Crippen LogP contribution in [-0.4, -0.2) is 96.7 Å². The average Bonchev–Trinajstić information content (AvgIpc) is 2.71. The molecule has 9 heteroatoms. The molecule has 0 spiro atoms. The van der Waals surface area contributed by atoms with Crippen LogP contribution in [0.5, 0.6) is 0 Å². The Morgan fingerprint density at radius 3 is 2.76 bits per heavy atom. The van der Waals surface area contributed by atoms with Crippen molar-refractivity contribution in [2.45, 2.75) is 18.8 Å². The number of piperazine rings is 1. The minimum Gasteiger partial charge on any atom is -0.389 e. The quantitative estimate of drug-likeness (QED) is 0.550. The minimum absolute atomic E-state index is 0.142. The topological polar surface area (TPSA) is 91.3 Å². The maximum absolute atomic E-state index is 12.6. The molecule has 1 saturated heterocycles. The van der Waals surface area contributed by atoms with Crippen LogP contribution in [0, 0.1) is 0 Å². The van der Waals surface area contributed by atoms with Gasteiger partial charge in [-0.15, -0.1) is 0 Å². The van der Waals surface area contributed by atoms with Crippen LogP contribution in [0.1, 0.15) is 12.5 Å². The highest BCUT2D eigenvalue weighted by Crippen LogP contribution is 2.14. The third-order valence-corrected chi connectivity index (χ3v) is 5.94. The number of nitrogens with zero attached hydrogens (tertiary/aromatic N) is 2. The number of nitrogens with one attached hydrogen (secondary N) is 1. The normalized spacial score (nSPS) is 17.1. The summed E-state index contributed by atoms with van der Waals surface area (Å²) in [6.45, 7) is 6.50.